The Labute approximate surface area is 141 Å². The van der Waals surface area contributed by atoms with Crippen LogP contribution in [-0.4, -0.2) is 25.7 Å². The molecule has 2 aromatic carbocycles. The van der Waals surface area contributed by atoms with Crippen molar-refractivity contribution in [3.63, 3.8) is 0 Å². The van der Waals surface area contributed by atoms with Crippen molar-refractivity contribution in [2.75, 3.05) is 24.5 Å². The largest absolute Gasteiger partial charge is 0.366 e. The highest BCUT2D eigenvalue weighted by Crippen LogP contribution is 2.44. The van der Waals surface area contributed by atoms with Gasteiger partial charge in [-0.25, -0.2) is 22.0 Å². The summed E-state index contributed by atoms with van der Waals surface area (Å²) >= 11 is 0. The topological polar surface area (TPSA) is 15.3 Å². The van der Waals surface area contributed by atoms with Gasteiger partial charge in [0.1, 0.15) is 0 Å². The Morgan fingerprint density at radius 2 is 1.56 bits per heavy atom. The standard InChI is InChI=1S/C18H15F5N2/c19-13-12(14(20)16(22)17(23)15(13)21)11-3-1-2-9-8-10-4-5-24-6-7-25(10)18(9)11/h1-3,10,24H,4-8H2. The maximum atomic E-state index is 14.3. The molecule has 1 saturated heterocycles. The van der Waals surface area contributed by atoms with Crippen LogP contribution in [0.3, 0.4) is 0 Å². The van der Waals surface area contributed by atoms with Crippen LogP contribution < -0.4 is 10.2 Å². The minimum atomic E-state index is -2.14. The molecule has 25 heavy (non-hydrogen) atoms. The summed E-state index contributed by atoms with van der Waals surface area (Å²) in [5.41, 5.74) is 0.633. The van der Waals surface area contributed by atoms with Crippen LogP contribution in [0.2, 0.25) is 0 Å². The van der Waals surface area contributed by atoms with Gasteiger partial charge in [-0.2, -0.15) is 0 Å². The van der Waals surface area contributed by atoms with Crippen LogP contribution in [-0.2, 0) is 6.42 Å². The monoisotopic (exact) mass is 354 g/mol. The third kappa shape index (κ3) is 2.40. The summed E-state index contributed by atoms with van der Waals surface area (Å²) in [6, 6.07) is 5.01. The van der Waals surface area contributed by atoms with Crippen molar-refractivity contribution >= 4 is 5.69 Å². The van der Waals surface area contributed by atoms with E-state index in [0.29, 0.717) is 25.2 Å². The fourth-order valence-corrected chi connectivity index (χ4v) is 3.83. The Hall–Kier alpha value is -2.15. The van der Waals surface area contributed by atoms with E-state index in [1.807, 2.05) is 11.0 Å². The van der Waals surface area contributed by atoms with Crippen molar-refractivity contribution in [2.24, 2.45) is 0 Å². The van der Waals surface area contributed by atoms with Gasteiger partial charge in [-0.3, -0.25) is 0 Å². The van der Waals surface area contributed by atoms with Gasteiger partial charge in [0.25, 0.3) is 0 Å². The lowest BCUT2D eigenvalue weighted by molar-refractivity contribution is 0.381. The molecule has 2 aliphatic rings. The molecule has 0 aliphatic carbocycles. The van der Waals surface area contributed by atoms with E-state index in [9.17, 15) is 22.0 Å². The van der Waals surface area contributed by atoms with Gasteiger partial charge in [0, 0.05) is 30.4 Å². The molecule has 4 rings (SSSR count). The van der Waals surface area contributed by atoms with Crippen LogP contribution in [0.25, 0.3) is 11.1 Å². The van der Waals surface area contributed by atoms with Gasteiger partial charge in [-0.15, -0.1) is 0 Å². The number of hydrogen-bond acceptors (Lipinski definition) is 2. The highest BCUT2D eigenvalue weighted by atomic mass is 19.2. The minimum Gasteiger partial charge on any atom is -0.366 e. The molecule has 1 N–H and O–H groups in total. The Morgan fingerprint density at radius 1 is 0.880 bits per heavy atom. The first-order chi connectivity index (χ1) is 12.0. The molecule has 2 nitrogen and oxygen atoms in total. The SMILES string of the molecule is Fc1c(F)c(F)c(-c2cccc3c2N2CCNCCC2C3)c(F)c1F. The van der Waals surface area contributed by atoms with Gasteiger partial charge < -0.3 is 10.2 Å². The van der Waals surface area contributed by atoms with Crippen molar-refractivity contribution in [1.29, 1.82) is 0 Å². The second-order valence-corrected chi connectivity index (χ2v) is 6.35. The summed E-state index contributed by atoms with van der Waals surface area (Å²) in [5, 5.41) is 3.25. The number of halogens is 5. The smallest absolute Gasteiger partial charge is 0.200 e. The van der Waals surface area contributed by atoms with E-state index >= 15 is 0 Å². The van der Waals surface area contributed by atoms with Crippen molar-refractivity contribution in [2.45, 2.75) is 18.9 Å². The molecule has 2 heterocycles. The quantitative estimate of drug-likeness (QED) is 0.476. The zero-order chi connectivity index (χ0) is 17.7. The predicted octanol–water partition coefficient (Wildman–Crippen LogP) is 3.77. The summed E-state index contributed by atoms with van der Waals surface area (Å²) < 4.78 is 69.3. The lowest BCUT2D eigenvalue weighted by atomic mass is 9.98. The average molecular weight is 354 g/mol. The van der Waals surface area contributed by atoms with Crippen LogP contribution in [0, 0.1) is 29.1 Å². The third-order valence-corrected chi connectivity index (χ3v) is 4.97. The van der Waals surface area contributed by atoms with E-state index in [0.717, 1.165) is 18.5 Å². The number of anilines is 1. The maximum absolute atomic E-state index is 14.3. The zero-order valence-corrected chi connectivity index (χ0v) is 13.2. The molecule has 1 fully saturated rings. The van der Waals surface area contributed by atoms with Crippen LogP contribution >= 0.6 is 0 Å². The van der Waals surface area contributed by atoms with Crippen LogP contribution in [0.5, 0.6) is 0 Å². The van der Waals surface area contributed by atoms with Crippen LogP contribution in [0.4, 0.5) is 27.6 Å². The van der Waals surface area contributed by atoms with Crippen molar-refractivity contribution < 1.29 is 22.0 Å². The lowest BCUT2D eigenvalue weighted by Crippen LogP contribution is -2.33. The molecular formula is C18H15F5N2. The van der Waals surface area contributed by atoms with Crippen LogP contribution in [0.15, 0.2) is 18.2 Å². The second kappa shape index (κ2) is 5.98. The van der Waals surface area contributed by atoms with E-state index in [1.54, 1.807) is 6.07 Å². The summed E-state index contributed by atoms with van der Waals surface area (Å²) in [5.74, 6) is -9.55. The van der Waals surface area contributed by atoms with E-state index in [-0.39, 0.29) is 11.6 Å². The molecular weight excluding hydrogens is 339 g/mol. The average Bonchev–Trinajstić information content (AvgIpc) is 2.81. The normalized spacial score (nSPS) is 19.6. The first-order valence-corrected chi connectivity index (χ1v) is 8.11. The highest BCUT2D eigenvalue weighted by Gasteiger charge is 2.35. The second-order valence-electron chi connectivity index (χ2n) is 6.35. The van der Waals surface area contributed by atoms with Gasteiger partial charge in [0.15, 0.2) is 23.3 Å². The molecule has 0 radical (unpaired) electrons. The molecule has 2 aliphatic heterocycles. The van der Waals surface area contributed by atoms with Gasteiger partial charge >= 0.3 is 0 Å². The lowest BCUT2D eigenvalue weighted by Gasteiger charge is -2.27. The van der Waals surface area contributed by atoms with Gasteiger partial charge in [0.2, 0.25) is 5.82 Å². The van der Waals surface area contributed by atoms with E-state index < -0.39 is 34.6 Å². The van der Waals surface area contributed by atoms with Crippen molar-refractivity contribution in [1.82, 2.24) is 5.32 Å². The summed E-state index contributed by atoms with van der Waals surface area (Å²) in [4.78, 5) is 2.02. The van der Waals surface area contributed by atoms with Gasteiger partial charge in [0.05, 0.1) is 5.56 Å². The Morgan fingerprint density at radius 3 is 2.28 bits per heavy atom. The number of para-hydroxylation sites is 1. The van der Waals surface area contributed by atoms with Gasteiger partial charge in [-0.1, -0.05) is 18.2 Å². The summed E-state index contributed by atoms with van der Waals surface area (Å²) in [6.07, 6.45) is 1.55. The van der Waals surface area contributed by atoms with Crippen molar-refractivity contribution in [3.05, 3.63) is 52.8 Å². The summed E-state index contributed by atoms with van der Waals surface area (Å²) in [7, 11) is 0. The molecule has 0 spiro atoms. The number of benzene rings is 2. The molecule has 0 amide bonds. The zero-order valence-electron chi connectivity index (χ0n) is 13.2. The molecule has 132 valence electrons. The minimum absolute atomic E-state index is 0.0506. The highest BCUT2D eigenvalue weighted by molar-refractivity contribution is 5.84. The molecule has 1 unspecified atom stereocenters. The number of fused-ring (bicyclic) bond motifs is 3. The number of nitrogens with one attached hydrogen (secondary N) is 1. The first-order valence-electron chi connectivity index (χ1n) is 8.11. The predicted molar refractivity (Wildman–Crippen MR) is 84.0 cm³/mol. The Bertz CT molecular complexity index is 823. The molecule has 0 saturated carbocycles. The molecule has 0 aromatic heterocycles. The number of rotatable bonds is 1. The first kappa shape index (κ1) is 16.3. The van der Waals surface area contributed by atoms with Gasteiger partial charge in [-0.05, 0) is 24.9 Å². The van der Waals surface area contributed by atoms with Crippen molar-refractivity contribution in [3.8, 4) is 11.1 Å². The fourth-order valence-electron chi connectivity index (χ4n) is 3.83. The van der Waals surface area contributed by atoms with E-state index in [2.05, 4.69) is 5.32 Å². The Kier molecular flexibility index (Phi) is 3.91. The van der Waals surface area contributed by atoms with E-state index in [4.69, 9.17) is 0 Å². The maximum Gasteiger partial charge on any atom is 0.200 e. The molecule has 2 aromatic rings. The molecule has 0 bridgehead atoms. The summed E-state index contributed by atoms with van der Waals surface area (Å²) in [6.45, 7) is 2.14. The molecule has 7 heteroatoms. The van der Waals surface area contributed by atoms with Crippen LogP contribution in [0.1, 0.15) is 12.0 Å². The van der Waals surface area contributed by atoms with E-state index in [1.165, 1.54) is 6.07 Å². The number of hydrogen-bond donors (Lipinski definition) is 1. The Balaban J connectivity index is 1.95. The molecule has 1 atom stereocenters. The fraction of sp³-hybridized carbons (Fsp3) is 0.333. The third-order valence-electron chi connectivity index (χ3n) is 4.97. The number of nitrogens with zero attached hydrogens (tertiary/aromatic N) is 1.